The lowest BCUT2D eigenvalue weighted by molar-refractivity contribution is -0.118. The predicted molar refractivity (Wildman–Crippen MR) is 130 cm³/mol. The molecule has 35 heavy (non-hydrogen) atoms. The van der Waals surface area contributed by atoms with E-state index in [1.54, 1.807) is 35.3 Å². The lowest BCUT2D eigenvalue weighted by atomic mass is 9.99. The maximum absolute atomic E-state index is 13.9. The minimum absolute atomic E-state index is 0.0384. The topological polar surface area (TPSA) is 109 Å². The highest BCUT2D eigenvalue weighted by atomic mass is 19.1. The molecule has 0 aliphatic heterocycles. The van der Waals surface area contributed by atoms with Gasteiger partial charge in [0.2, 0.25) is 5.91 Å². The Balaban J connectivity index is 1.48. The number of amides is 1. The monoisotopic (exact) mass is 469 g/mol. The highest BCUT2D eigenvalue weighted by Gasteiger charge is 2.23. The van der Waals surface area contributed by atoms with Gasteiger partial charge in [-0.2, -0.15) is 10.4 Å². The van der Waals surface area contributed by atoms with Crippen molar-refractivity contribution in [3.63, 3.8) is 0 Å². The SMILES string of the molecule is C[C@H](CN[C@@H](C(=O)Nc1ccc(-c2cnn(C)c2)cn1)c1cncc(F)c1)c1ccc(C#N)cc1. The highest BCUT2D eigenvalue weighted by Crippen LogP contribution is 2.21. The van der Waals surface area contributed by atoms with Crippen LogP contribution in [0.15, 0.2) is 73.4 Å². The van der Waals surface area contributed by atoms with Crippen molar-refractivity contribution in [1.82, 2.24) is 25.1 Å². The van der Waals surface area contributed by atoms with Crippen molar-refractivity contribution in [1.29, 1.82) is 5.26 Å². The van der Waals surface area contributed by atoms with Crippen LogP contribution in [0.25, 0.3) is 11.1 Å². The van der Waals surface area contributed by atoms with Gasteiger partial charge < -0.3 is 10.6 Å². The molecule has 176 valence electrons. The summed E-state index contributed by atoms with van der Waals surface area (Å²) in [5.74, 6) is -0.498. The van der Waals surface area contributed by atoms with Crippen LogP contribution < -0.4 is 10.6 Å². The van der Waals surface area contributed by atoms with Crippen molar-refractivity contribution in [2.24, 2.45) is 7.05 Å². The molecule has 0 aliphatic carbocycles. The smallest absolute Gasteiger partial charge is 0.247 e. The third-order valence-corrected chi connectivity index (χ3v) is 5.61. The Morgan fingerprint density at radius 2 is 1.89 bits per heavy atom. The number of hydrogen-bond donors (Lipinski definition) is 2. The summed E-state index contributed by atoms with van der Waals surface area (Å²) in [6, 6.07) is 13.4. The number of carbonyl (C=O) groups is 1. The van der Waals surface area contributed by atoms with Crippen LogP contribution in [0.4, 0.5) is 10.2 Å². The molecule has 3 heterocycles. The van der Waals surface area contributed by atoms with E-state index in [-0.39, 0.29) is 11.8 Å². The van der Waals surface area contributed by atoms with E-state index in [2.05, 4.69) is 31.8 Å². The molecule has 4 rings (SSSR count). The van der Waals surface area contributed by atoms with E-state index in [1.807, 2.05) is 38.4 Å². The third-order valence-electron chi connectivity index (χ3n) is 5.61. The molecular formula is C26H24FN7O. The van der Waals surface area contributed by atoms with Gasteiger partial charge in [0.05, 0.1) is 24.0 Å². The number of rotatable bonds is 8. The van der Waals surface area contributed by atoms with E-state index in [0.717, 1.165) is 22.9 Å². The van der Waals surface area contributed by atoms with Crippen molar-refractivity contribution in [2.75, 3.05) is 11.9 Å². The quantitative estimate of drug-likeness (QED) is 0.404. The molecule has 3 aromatic heterocycles. The molecule has 1 aromatic carbocycles. The molecule has 0 bridgehead atoms. The predicted octanol–water partition coefficient (Wildman–Crippen LogP) is 3.96. The number of pyridine rings is 2. The molecule has 0 fully saturated rings. The summed E-state index contributed by atoms with van der Waals surface area (Å²) in [5, 5.41) is 19.2. The standard InChI is InChI=1S/C26H24FN7O/c1-17(19-5-3-18(10-28)4-6-19)11-31-25(21-9-23(27)15-29-12-21)26(35)33-24-8-7-20(13-30-24)22-14-32-34(2)16-22/h3-9,12-17,25,31H,11H2,1-2H3,(H,30,33,35)/t17-,25-/m1/s1. The third kappa shape index (κ3) is 5.93. The van der Waals surface area contributed by atoms with Crippen LogP contribution in [0, 0.1) is 17.1 Å². The minimum Gasteiger partial charge on any atom is -0.309 e. The van der Waals surface area contributed by atoms with Crippen LogP contribution in [0.3, 0.4) is 0 Å². The summed E-state index contributed by atoms with van der Waals surface area (Å²) in [6.45, 7) is 2.44. The van der Waals surface area contributed by atoms with E-state index in [4.69, 9.17) is 5.26 Å². The minimum atomic E-state index is -0.848. The fourth-order valence-corrected chi connectivity index (χ4v) is 3.65. The van der Waals surface area contributed by atoms with Crippen molar-refractivity contribution >= 4 is 11.7 Å². The first-order valence-electron chi connectivity index (χ1n) is 11.0. The fraction of sp³-hybridized carbons (Fsp3) is 0.192. The molecule has 8 nitrogen and oxygen atoms in total. The number of nitrogens with zero attached hydrogens (tertiary/aromatic N) is 5. The maximum atomic E-state index is 13.9. The van der Waals surface area contributed by atoms with E-state index < -0.39 is 11.9 Å². The van der Waals surface area contributed by atoms with Gasteiger partial charge in [0.25, 0.3) is 0 Å². The molecule has 0 aliphatic rings. The van der Waals surface area contributed by atoms with Gasteiger partial charge >= 0.3 is 0 Å². The first-order valence-corrected chi connectivity index (χ1v) is 11.0. The number of aryl methyl sites for hydroxylation is 1. The average Bonchev–Trinajstić information content (AvgIpc) is 3.31. The van der Waals surface area contributed by atoms with Gasteiger partial charge in [0.1, 0.15) is 17.7 Å². The number of hydrogen-bond acceptors (Lipinski definition) is 6. The molecule has 0 radical (unpaired) electrons. The Morgan fingerprint density at radius 3 is 2.51 bits per heavy atom. The number of carbonyl (C=O) groups excluding carboxylic acids is 1. The first kappa shape index (κ1) is 23.7. The van der Waals surface area contributed by atoms with Gasteiger partial charge in [0, 0.05) is 43.3 Å². The van der Waals surface area contributed by atoms with Gasteiger partial charge in [-0.15, -0.1) is 0 Å². The number of benzene rings is 1. The Kier molecular flexibility index (Phi) is 7.24. The van der Waals surface area contributed by atoms with Gasteiger partial charge in [-0.3, -0.25) is 14.5 Å². The van der Waals surface area contributed by atoms with Crippen LogP contribution >= 0.6 is 0 Å². The zero-order valence-corrected chi connectivity index (χ0v) is 19.3. The van der Waals surface area contributed by atoms with Gasteiger partial charge in [0.15, 0.2) is 0 Å². The summed E-state index contributed by atoms with van der Waals surface area (Å²) in [7, 11) is 1.84. The van der Waals surface area contributed by atoms with E-state index in [9.17, 15) is 9.18 Å². The molecule has 2 N–H and O–H groups in total. The van der Waals surface area contributed by atoms with E-state index >= 15 is 0 Å². The average molecular weight is 470 g/mol. The zero-order valence-electron chi connectivity index (χ0n) is 19.3. The Labute approximate surface area is 202 Å². The first-order chi connectivity index (χ1) is 16.9. The van der Waals surface area contributed by atoms with Gasteiger partial charge in [-0.25, -0.2) is 9.37 Å². The molecule has 0 spiro atoms. The lowest BCUT2D eigenvalue weighted by Crippen LogP contribution is -2.35. The molecule has 2 atom stereocenters. The van der Waals surface area contributed by atoms with Gasteiger partial charge in [-0.05, 0) is 47.4 Å². The van der Waals surface area contributed by atoms with Crippen LogP contribution in [0.1, 0.15) is 35.6 Å². The molecule has 1 amide bonds. The Hall–Kier alpha value is -4.42. The molecule has 0 saturated heterocycles. The molecule has 9 heteroatoms. The Morgan fingerprint density at radius 1 is 1.09 bits per heavy atom. The largest absolute Gasteiger partial charge is 0.309 e. The highest BCUT2D eigenvalue weighted by molar-refractivity contribution is 5.94. The number of aromatic nitrogens is 4. The zero-order chi connectivity index (χ0) is 24.8. The molecule has 0 unspecified atom stereocenters. The second-order valence-electron chi connectivity index (χ2n) is 8.24. The van der Waals surface area contributed by atoms with Gasteiger partial charge in [-0.1, -0.05) is 19.1 Å². The second-order valence-corrected chi connectivity index (χ2v) is 8.24. The second kappa shape index (κ2) is 10.7. The van der Waals surface area contributed by atoms with Crippen molar-refractivity contribution in [2.45, 2.75) is 18.9 Å². The van der Waals surface area contributed by atoms with Crippen LogP contribution in [0.5, 0.6) is 0 Å². The summed E-state index contributed by atoms with van der Waals surface area (Å²) in [4.78, 5) is 21.4. The van der Waals surface area contributed by atoms with Crippen LogP contribution in [-0.2, 0) is 11.8 Å². The van der Waals surface area contributed by atoms with Crippen LogP contribution in [0.2, 0.25) is 0 Å². The number of anilines is 1. The molecule has 4 aromatic rings. The lowest BCUT2D eigenvalue weighted by Gasteiger charge is -2.21. The number of halogens is 1. The van der Waals surface area contributed by atoms with E-state index in [1.165, 1.54) is 12.3 Å². The normalized spacial score (nSPS) is 12.5. The summed E-state index contributed by atoms with van der Waals surface area (Å²) >= 11 is 0. The summed E-state index contributed by atoms with van der Waals surface area (Å²) in [5.41, 5.74) is 3.79. The summed E-state index contributed by atoms with van der Waals surface area (Å²) in [6.07, 6.45) is 7.83. The fourth-order valence-electron chi connectivity index (χ4n) is 3.65. The number of nitriles is 1. The van der Waals surface area contributed by atoms with E-state index in [0.29, 0.717) is 23.5 Å². The Bertz CT molecular complexity index is 1340. The number of nitrogens with one attached hydrogen (secondary N) is 2. The maximum Gasteiger partial charge on any atom is 0.247 e. The van der Waals surface area contributed by atoms with Crippen LogP contribution in [-0.4, -0.2) is 32.2 Å². The van der Waals surface area contributed by atoms with Crippen molar-refractivity contribution in [3.8, 4) is 17.2 Å². The van der Waals surface area contributed by atoms with Crippen molar-refractivity contribution < 1.29 is 9.18 Å². The van der Waals surface area contributed by atoms with Crippen molar-refractivity contribution in [3.05, 3.63) is 96.0 Å². The summed E-state index contributed by atoms with van der Waals surface area (Å²) < 4.78 is 15.6. The molecule has 0 saturated carbocycles. The molecular weight excluding hydrogens is 445 g/mol.